The van der Waals surface area contributed by atoms with Crippen LogP contribution in [0.1, 0.15) is 0 Å². The topological polar surface area (TPSA) is 64.9 Å². The van der Waals surface area contributed by atoms with Gasteiger partial charge in [0.15, 0.2) is 11.6 Å². The van der Waals surface area contributed by atoms with Gasteiger partial charge in [-0.3, -0.25) is 0 Å². The number of nitrogen functional groups attached to an aromatic ring is 1. The van der Waals surface area contributed by atoms with Crippen molar-refractivity contribution >= 4 is 33.0 Å². The molecule has 4 nitrogen and oxygen atoms in total. The van der Waals surface area contributed by atoms with Gasteiger partial charge >= 0.3 is 0 Å². The first-order valence-electron chi connectivity index (χ1n) is 5.39. The number of aromatic nitrogens is 2. The minimum Gasteiger partial charge on any atom is -0.397 e. The third-order valence-electron chi connectivity index (χ3n) is 2.59. The van der Waals surface area contributed by atoms with Crippen molar-refractivity contribution in [3.8, 4) is 22.2 Å². The molecule has 0 saturated carbocycles. The molecule has 3 rings (SSSR count). The van der Waals surface area contributed by atoms with E-state index in [9.17, 15) is 8.78 Å². The van der Waals surface area contributed by atoms with E-state index >= 15 is 0 Å². The lowest BCUT2D eigenvalue weighted by Gasteiger charge is -2.00. The van der Waals surface area contributed by atoms with Gasteiger partial charge in [-0.25, -0.2) is 8.78 Å². The quantitative estimate of drug-likeness (QED) is 0.701. The summed E-state index contributed by atoms with van der Waals surface area (Å²) in [5.74, 6) is -1.56. The lowest BCUT2D eigenvalue weighted by atomic mass is 10.2. The normalized spacial score (nSPS) is 10.9. The Morgan fingerprint density at radius 3 is 2.75 bits per heavy atom. The summed E-state index contributed by atoms with van der Waals surface area (Å²) in [5, 5.41) is 5.55. The fraction of sp³-hybridized carbons (Fsp3) is 0. The number of thiophene rings is 1. The Bertz CT molecular complexity index is 787. The molecule has 2 N–H and O–H groups in total. The first-order chi connectivity index (χ1) is 9.58. The molecule has 2 heterocycles. The number of hydrogen-bond acceptors (Lipinski definition) is 5. The lowest BCUT2D eigenvalue weighted by Crippen LogP contribution is -1.90. The number of hydrogen-bond donors (Lipinski definition) is 1. The largest absolute Gasteiger partial charge is 0.397 e. The van der Waals surface area contributed by atoms with E-state index in [1.54, 1.807) is 11.4 Å². The highest BCUT2D eigenvalue weighted by atomic mass is 79.9. The molecule has 3 aromatic rings. The Morgan fingerprint density at radius 1 is 1.25 bits per heavy atom. The summed E-state index contributed by atoms with van der Waals surface area (Å²) >= 11 is 4.34. The second-order valence-electron chi connectivity index (χ2n) is 3.85. The number of rotatable bonds is 2. The van der Waals surface area contributed by atoms with Crippen LogP contribution < -0.4 is 5.73 Å². The van der Waals surface area contributed by atoms with Crippen molar-refractivity contribution in [2.24, 2.45) is 0 Å². The first kappa shape index (κ1) is 13.2. The number of nitrogens with two attached hydrogens (primary N) is 1. The molecule has 0 atom stereocenters. The van der Waals surface area contributed by atoms with Gasteiger partial charge in [-0.05, 0) is 39.5 Å². The van der Waals surface area contributed by atoms with Crippen LogP contribution in [0.5, 0.6) is 0 Å². The van der Waals surface area contributed by atoms with Crippen LogP contribution in [-0.4, -0.2) is 10.1 Å². The highest BCUT2D eigenvalue weighted by molar-refractivity contribution is 9.10. The predicted octanol–water partition coefficient (Wildman–Crippen LogP) is 4.09. The summed E-state index contributed by atoms with van der Waals surface area (Å²) in [6, 6.07) is 4.09. The highest BCUT2D eigenvalue weighted by Crippen LogP contribution is 2.34. The summed E-state index contributed by atoms with van der Waals surface area (Å²) in [7, 11) is 0. The van der Waals surface area contributed by atoms with Crippen molar-refractivity contribution in [1.82, 2.24) is 10.1 Å². The molecule has 0 amide bonds. The zero-order chi connectivity index (χ0) is 14.3. The van der Waals surface area contributed by atoms with E-state index < -0.39 is 11.6 Å². The Labute approximate surface area is 124 Å². The van der Waals surface area contributed by atoms with Crippen molar-refractivity contribution in [1.29, 1.82) is 0 Å². The number of halogens is 3. The van der Waals surface area contributed by atoms with Crippen LogP contribution in [0.2, 0.25) is 0 Å². The maximum Gasteiger partial charge on any atom is 0.270 e. The zero-order valence-electron chi connectivity index (χ0n) is 9.73. The molecular formula is C12H6BrF2N3OS. The summed E-state index contributed by atoms with van der Waals surface area (Å²) in [5.41, 5.74) is 6.58. The third kappa shape index (κ3) is 2.10. The Balaban J connectivity index is 2.07. The van der Waals surface area contributed by atoms with Gasteiger partial charge in [0.25, 0.3) is 5.89 Å². The molecule has 0 spiro atoms. The van der Waals surface area contributed by atoms with Crippen LogP contribution in [0, 0.1) is 11.6 Å². The third-order valence-corrected chi connectivity index (χ3v) is 4.29. The van der Waals surface area contributed by atoms with Crippen molar-refractivity contribution in [3.05, 3.63) is 39.7 Å². The summed E-state index contributed by atoms with van der Waals surface area (Å²) in [6.45, 7) is 0. The van der Waals surface area contributed by atoms with Gasteiger partial charge in [-0.1, -0.05) is 5.16 Å². The van der Waals surface area contributed by atoms with Crippen LogP contribution >= 0.6 is 27.3 Å². The van der Waals surface area contributed by atoms with Gasteiger partial charge in [-0.15, -0.1) is 11.3 Å². The molecule has 0 fully saturated rings. The second kappa shape index (κ2) is 4.95. The zero-order valence-corrected chi connectivity index (χ0v) is 12.1. The van der Waals surface area contributed by atoms with Crippen molar-refractivity contribution in [3.63, 3.8) is 0 Å². The van der Waals surface area contributed by atoms with Crippen molar-refractivity contribution in [2.45, 2.75) is 0 Å². The van der Waals surface area contributed by atoms with E-state index in [2.05, 4.69) is 26.1 Å². The lowest BCUT2D eigenvalue weighted by molar-refractivity contribution is 0.433. The highest BCUT2D eigenvalue weighted by Gasteiger charge is 2.19. The van der Waals surface area contributed by atoms with E-state index in [4.69, 9.17) is 10.3 Å². The molecule has 8 heteroatoms. The van der Waals surface area contributed by atoms with Gasteiger partial charge in [0.1, 0.15) is 4.88 Å². The molecule has 0 aliphatic heterocycles. The van der Waals surface area contributed by atoms with E-state index in [0.717, 1.165) is 6.07 Å². The Morgan fingerprint density at radius 2 is 2.05 bits per heavy atom. The predicted molar refractivity (Wildman–Crippen MR) is 75.1 cm³/mol. The maximum absolute atomic E-state index is 13.5. The molecule has 0 radical (unpaired) electrons. The standard InChI is InChI=1S/C12H6BrF2N3OS/c13-8-5(1-2-6(14)9(8)15)11-17-12(19-18-11)10-7(16)3-4-20-10/h1-4H,16H2. The van der Waals surface area contributed by atoms with Crippen LogP contribution in [-0.2, 0) is 0 Å². The van der Waals surface area contributed by atoms with Crippen LogP contribution in [0.4, 0.5) is 14.5 Å². The fourth-order valence-electron chi connectivity index (χ4n) is 1.62. The molecule has 0 bridgehead atoms. The van der Waals surface area contributed by atoms with Crippen molar-refractivity contribution in [2.75, 3.05) is 5.73 Å². The van der Waals surface area contributed by atoms with Gasteiger partial charge in [0, 0.05) is 5.56 Å². The Kier molecular flexibility index (Phi) is 3.27. The van der Waals surface area contributed by atoms with E-state index in [1.165, 1.54) is 17.4 Å². The van der Waals surface area contributed by atoms with E-state index in [-0.39, 0.29) is 16.2 Å². The van der Waals surface area contributed by atoms with Gasteiger partial charge in [0.2, 0.25) is 5.82 Å². The second-order valence-corrected chi connectivity index (χ2v) is 5.56. The fourth-order valence-corrected chi connectivity index (χ4v) is 2.85. The minimum atomic E-state index is -0.996. The van der Waals surface area contributed by atoms with Gasteiger partial charge in [0.05, 0.1) is 10.2 Å². The van der Waals surface area contributed by atoms with Gasteiger partial charge < -0.3 is 10.3 Å². The summed E-state index contributed by atoms with van der Waals surface area (Å²) in [4.78, 5) is 4.79. The number of benzene rings is 1. The number of anilines is 1. The molecule has 2 aromatic heterocycles. The molecule has 0 aliphatic carbocycles. The molecular weight excluding hydrogens is 352 g/mol. The van der Waals surface area contributed by atoms with Gasteiger partial charge in [-0.2, -0.15) is 4.98 Å². The molecule has 20 heavy (non-hydrogen) atoms. The Hall–Kier alpha value is -1.80. The number of nitrogens with zero attached hydrogens (tertiary/aromatic N) is 2. The molecule has 102 valence electrons. The molecule has 0 aliphatic rings. The molecule has 0 saturated heterocycles. The summed E-state index contributed by atoms with van der Waals surface area (Å²) < 4.78 is 31.6. The maximum atomic E-state index is 13.5. The summed E-state index contributed by atoms with van der Waals surface area (Å²) in [6.07, 6.45) is 0. The molecule has 1 aromatic carbocycles. The van der Waals surface area contributed by atoms with Crippen LogP contribution in [0.25, 0.3) is 22.2 Å². The first-order valence-corrected chi connectivity index (χ1v) is 7.06. The van der Waals surface area contributed by atoms with Crippen molar-refractivity contribution < 1.29 is 13.3 Å². The average molecular weight is 358 g/mol. The minimum absolute atomic E-state index is 0.0519. The van der Waals surface area contributed by atoms with E-state index in [1.807, 2.05) is 0 Å². The molecule has 0 unspecified atom stereocenters. The van der Waals surface area contributed by atoms with E-state index in [0.29, 0.717) is 16.1 Å². The SMILES string of the molecule is Nc1ccsc1-c1nc(-c2ccc(F)c(F)c2Br)no1. The monoisotopic (exact) mass is 357 g/mol. The smallest absolute Gasteiger partial charge is 0.270 e. The van der Waals surface area contributed by atoms with Crippen LogP contribution in [0.3, 0.4) is 0 Å². The van der Waals surface area contributed by atoms with Crippen LogP contribution in [0.15, 0.2) is 32.6 Å². The average Bonchev–Trinajstić information content (AvgIpc) is 3.05.